The number of aryl methyl sites for hydroxylation is 1. The first-order valence-corrected chi connectivity index (χ1v) is 10.5. The molecule has 4 rings (SSSR count). The van der Waals surface area contributed by atoms with Crippen LogP contribution in [0.2, 0.25) is 0 Å². The monoisotopic (exact) mass is 421 g/mol. The van der Waals surface area contributed by atoms with Gasteiger partial charge in [0.15, 0.2) is 0 Å². The summed E-state index contributed by atoms with van der Waals surface area (Å²) >= 11 is 0. The average molecular weight is 421 g/mol. The minimum absolute atomic E-state index is 0.149. The van der Waals surface area contributed by atoms with E-state index < -0.39 is 17.5 Å². The van der Waals surface area contributed by atoms with Gasteiger partial charge in [0.25, 0.3) is 5.91 Å². The quantitative estimate of drug-likeness (QED) is 0.770. The van der Waals surface area contributed by atoms with E-state index >= 15 is 0 Å². The predicted molar refractivity (Wildman–Crippen MR) is 115 cm³/mol. The van der Waals surface area contributed by atoms with Crippen molar-refractivity contribution in [1.82, 2.24) is 15.1 Å². The molecule has 0 saturated carbocycles. The highest BCUT2D eigenvalue weighted by molar-refractivity contribution is 6.09. The molecule has 2 heterocycles. The van der Waals surface area contributed by atoms with Crippen molar-refractivity contribution in [2.24, 2.45) is 0 Å². The van der Waals surface area contributed by atoms with E-state index in [-0.39, 0.29) is 24.7 Å². The van der Waals surface area contributed by atoms with Crippen LogP contribution in [-0.2, 0) is 19.9 Å². The summed E-state index contributed by atoms with van der Waals surface area (Å²) < 4.78 is 6.01. The summed E-state index contributed by atoms with van der Waals surface area (Å²) in [7, 11) is 0. The number of nitrogens with zero attached hydrogens (tertiary/aromatic N) is 2. The molecule has 31 heavy (non-hydrogen) atoms. The normalized spacial score (nSPS) is 26.2. The van der Waals surface area contributed by atoms with E-state index in [0.717, 1.165) is 16.0 Å². The van der Waals surface area contributed by atoms with E-state index in [1.54, 1.807) is 11.8 Å². The van der Waals surface area contributed by atoms with E-state index in [1.165, 1.54) is 0 Å². The number of nitrogens with one attached hydrogen (secondary N) is 1. The maximum Gasteiger partial charge on any atom is 0.325 e. The second-order valence-corrected chi connectivity index (χ2v) is 8.46. The maximum absolute atomic E-state index is 13.1. The van der Waals surface area contributed by atoms with Crippen molar-refractivity contribution in [3.63, 3.8) is 0 Å². The SMILES string of the molecule is Cc1ccc([C@]2(C)NC(=O)N(CC(=O)N3C[C@@H](C)O[C@@H](c4ccccc4)C3)C2=O)cc1. The molecule has 3 atom stereocenters. The van der Waals surface area contributed by atoms with Crippen molar-refractivity contribution in [3.8, 4) is 0 Å². The van der Waals surface area contributed by atoms with Crippen LogP contribution in [-0.4, -0.2) is 53.4 Å². The summed E-state index contributed by atoms with van der Waals surface area (Å²) in [5.41, 5.74) is 1.56. The van der Waals surface area contributed by atoms with Crippen molar-refractivity contribution in [2.75, 3.05) is 19.6 Å². The van der Waals surface area contributed by atoms with E-state index in [2.05, 4.69) is 5.32 Å². The molecule has 2 aliphatic heterocycles. The lowest BCUT2D eigenvalue weighted by molar-refractivity contribution is -0.148. The minimum Gasteiger partial charge on any atom is -0.367 e. The first-order valence-electron chi connectivity index (χ1n) is 10.5. The second-order valence-electron chi connectivity index (χ2n) is 8.46. The number of rotatable bonds is 4. The van der Waals surface area contributed by atoms with Crippen molar-refractivity contribution >= 4 is 17.8 Å². The van der Waals surface area contributed by atoms with Crippen LogP contribution in [0.5, 0.6) is 0 Å². The van der Waals surface area contributed by atoms with Gasteiger partial charge in [-0.3, -0.25) is 14.5 Å². The van der Waals surface area contributed by atoms with Gasteiger partial charge in [0.1, 0.15) is 18.2 Å². The highest BCUT2D eigenvalue weighted by Gasteiger charge is 2.49. The van der Waals surface area contributed by atoms with Gasteiger partial charge in [-0.25, -0.2) is 4.79 Å². The largest absolute Gasteiger partial charge is 0.367 e. The van der Waals surface area contributed by atoms with Gasteiger partial charge in [-0.05, 0) is 31.9 Å². The van der Waals surface area contributed by atoms with Crippen molar-refractivity contribution in [3.05, 3.63) is 71.3 Å². The van der Waals surface area contributed by atoms with Gasteiger partial charge in [0.05, 0.1) is 12.6 Å². The second kappa shape index (κ2) is 8.15. The summed E-state index contributed by atoms with van der Waals surface area (Å²) in [5, 5.41) is 2.76. The number of amides is 4. The molecule has 0 unspecified atom stereocenters. The number of carbonyl (C=O) groups excluding carboxylic acids is 3. The molecule has 2 aromatic carbocycles. The Morgan fingerprint density at radius 3 is 2.45 bits per heavy atom. The predicted octanol–water partition coefficient (Wildman–Crippen LogP) is 2.75. The van der Waals surface area contributed by atoms with Crippen LogP contribution in [0.15, 0.2) is 54.6 Å². The van der Waals surface area contributed by atoms with Gasteiger partial charge in [-0.2, -0.15) is 0 Å². The van der Waals surface area contributed by atoms with Gasteiger partial charge < -0.3 is 15.0 Å². The molecule has 7 heteroatoms. The molecule has 162 valence electrons. The minimum atomic E-state index is -1.18. The molecular formula is C24H27N3O4. The molecule has 0 radical (unpaired) electrons. The molecule has 2 aromatic rings. The Kier molecular flexibility index (Phi) is 5.54. The van der Waals surface area contributed by atoms with E-state index in [0.29, 0.717) is 18.7 Å². The Hall–Kier alpha value is -3.19. The Morgan fingerprint density at radius 1 is 1.10 bits per heavy atom. The van der Waals surface area contributed by atoms with Crippen LogP contribution in [0.3, 0.4) is 0 Å². The van der Waals surface area contributed by atoms with Crippen molar-refractivity contribution < 1.29 is 19.1 Å². The fraction of sp³-hybridized carbons (Fsp3) is 0.375. The number of imide groups is 1. The number of morpholine rings is 1. The summed E-state index contributed by atoms with van der Waals surface area (Å²) in [5.74, 6) is -0.691. The number of carbonyl (C=O) groups is 3. The average Bonchev–Trinajstić information content (AvgIpc) is 2.98. The Bertz CT molecular complexity index is 992. The number of urea groups is 1. The topological polar surface area (TPSA) is 79.0 Å². The molecule has 0 aliphatic carbocycles. The van der Waals surface area contributed by atoms with Crippen LogP contribution in [0.4, 0.5) is 4.79 Å². The fourth-order valence-corrected chi connectivity index (χ4v) is 4.17. The first kappa shape index (κ1) is 21.1. The lowest BCUT2D eigenvalue weighted by atomic mass is 9.91. The molecule has 2 fully saturated rings. The maximum atomic E-state index is 13.1. The van der Waals surface area contributed by atoms with Crippen molar-refractivity contribution in [1.29, 1.82) is 0 Å². The van der Waals surface area contributed by atoms with Gasteiger partial charge in [-0.1, -0.05) is 60.2 Å². The summed E-state index contributed by atoms with van der Waals surface area (Å²) in [4.78, 5) is 41.5. The van der Waals surface area contributed by atoms with Gasteiger partial charge in [-0.15, -0.1) is 0 Å². The number of benzene rings is 2. The molecule has 2 aliphatic rings. The molecule has 0 spiro atoms. The third-order valence-corrected chi connectivity index (χ3v) is 5.98. The fourth-order valence-electron chi connectivity index (χ4n) is 4.17. The van der Waals surface area contributed by atoms with E-state index in [1.807, 2.05) is 68.4 Å². The molecular weight excluding hydrogens is 394 g/mol. The summed E-state index contributed by atoms with van der Waals surface area (Å²) in [6, 6.07) is 16.6. The molecule has 1 N–H and O–H groups in total. The summed E-state index contributed by atoms with van der Waals surface area (Å²) in [6.07, 6.45) is -0.390. The van der Waals surface area contributed by atoms with Crippen LogP contribution in [0, 0.1) is 6.92 Å². The lowest BCUT2D eigenvalue weighted by Gasteiger charge is -2.37. The number of hydrogen-bond donors (Lipinski definition) is 1. The highest BCUT2D eigenvalue weighted by atomic mass is 16.5. The van der Waals surface area contributed by atoms with E-state index in [4.69, 9.17) is 4.74 Å². The number of hydrogen-bond acceptors (Lipinski definition) is 4. The molecule has 0 aromatic heterocycles. The van der Waals surface area contributed by atoms with E-state index in [9.17, 15) is 14.4 Å². The van der Waals surface area contributed by atoms with Gasteiger partial charge in [0.2, 0.25) is 5.91 Å². The van der Waals surface area contributed by atoms with Crippen LogP contribution in [0.1, 0.15) is 36.6 Å². The van der Waals surface area contributed by atoms with Crippen LogP contribution < -0.4 is 5.32 Å². The molecule has 2 saturated heterocycles. The Morgan fingerprint density at radius 2 is 1.77 bits per heavy atom. The molecule has 7 nitrogen and oxygen atoms in total. The Balaban J connectivity index is 1.48. The van der Waals surface area contributed by atoms with Gasteiger partial charge in [0, 0.05) is 6.54 Å². The number of ether oxygens (including phenoxy) is 1. The third kappa shape index (κ3) is 4.05. The zero-order valence-corrected chi connectivity index (χ0v) is 18.0. The van der Waals surface area contributed by atoms with Gasteiger partial charge >= 0.3 is 6.03 Å². The Labute approximate surface area is 182 Å². The van der Waals surface area contributed by atoms with Crippen molar-refractivity contribution in [2.45, 2.75) is 38.5 Å². The smallest absolute Gasteiger partial charge is 0.325 e. The first-order chi connectivity index (χ1) is 14.8. The summed E-state index contributed by atoms with van der Waals surface area (Å²) in [6.45, 7) is 6.05. The third-order valence-electron chi connectivity index (χ3n) is 5.98. The lowest BCUT2D eigenvalue weighted by Crippen LogP contribution is -2.50. The standard InChI is InChI=1S/C24H27N3O4/c1-16-9-11-19(12-10-16)24(3)22(29)27(23(30)25-24)15-21(28)26-13-17(2)31-20(14-26)18-7-5-4-6-8-18/h4-12,17,20H,13-15H2,1-3H3,(H,25,30)/t17-,20-,24+/m1/s1. The molecule has 4 amide bonds. The van der Waals surface area contributed by atoms with Crippen LogP contribution >= 0.6 is 0 Å². The zero-order chi connectivity index (χ0) is 22.2. The van der Waals surface area contributed by atoms with Crippen LogP contribution in [0.25, 0.3) is 0 Å². The zero-order valence-electron chi connectivity index (χ0n) is 18.0. The molecule has 0 bridgehead atoms. The highest BCUT2D eigenvalue weighted by Crippen LogP contribution is 2.30.